The molecule has 2 N–H and O–H groups in total. The van der Waals surface area contributed by atoms with Gasteiger partial charge in [-0.25, -0.2) is 22.2 Å². The number of benzene rings is 1. The van der Waals surface area contributed by atoms with Gasteiger partial charge in [-0.15, -0.1) is 0 Å². The van der Waals surface area contributed by atoms with Crippen molar-refractivity contribution in [2.45, 2.75) is 13.3 Å². The number of nitrogens with zero attached hydrogens (tertiary/aromatic N) is 3. The van der Waals surface area contributed by atoms with Gasteiger partial charge in [-0.1, -0.05) is 6.92 Å². The minimum Gasteiger partial charge on any atom is -0.345 e. The van der Waals surface area contributed by atoms with Crippen LogP contribution in [-0.2, 0) is 10.0 Å². The average molecular weight is 457 g/mol. The first-order chi connectivity index (χ1) is 15.3. The number of pyridine rings is 1. The lowest BCUT2D eigenvalue weighted by Crippen LogP contribution is -2.18. The van der Waals surface area contributed by atoms with E-state index < -0.39 is 38.7 Å². The van der Waals surface area contributed by atoms with Crippen molar-refractivity contribution in [1.29, 1.82) is 0 Å². The Balaban J connectivity index is 1.79. The SMILES string of the molecule is CCCS(=O)(=O)Nc1ccc(F)c(C(=O)c2c[nH]c3ncc(-c4ccnnc4)cc23)c1F. The Morgan fingerprint density at radius 2 is 1.94 bits per heavy atom. The third kappa shape index (κ3) is 4.06. The number of carbonyl (C=O) groups excluding carboxylic acids is 1. The molecule has 0 aliphatic carbocycles. The predicted octanol–water partition coefficient (Wildman–Crippen LogP) is 3.68. The molecule has 0 radical (unpaired) electrons. The Hall–Kier alpha value is -3.73. The van der Waals surface area contributed by atoms with E-state index in [2.05, 4.69) is 24.9 Å². The fourth-order valence-electron chi connectivity index (χ4n) is 3.27. The minimum absolute atomic E-state index is 0.0114. The van der Waals surface area contributed by atoms with Crippen LogP contribution in [0, 0.1) is 11.6 Å². The van der Waals surface area contributed by atoms with Crippen molar-refractivity contribution < 1.29 is 22.0 Å². The Morgan fingerprint density at radius 1 is 1.12 bits per heavy atom. The van der Waals surface area contributed by atoms with Gasteiger partial charge < -0.3 is 4.98 Å². The highest BCUT2D eigenvalue weighted by Gasteiger charge is 2.26. The maximum absolute atomic E-state index is 15.1. The molecule has 0 bridgehead atoms. The Bertz CT molecular complexity index is 1420. The first-order valence-corrected chi connectivity index (χ1v) is 11.2. The zero-order chi connectivity index (χ0) is 22.9. The van der Waals surface area contributed by atoms with Crippen molar-refractivity contribution in [2.75, 3.05) is 10.5 Å². The number of H-pyrrole nitrogens is 1. The number of aromatic amines is 1. The monoisotopic (exact) mass is 457 g/mol. The zero-order valence-corrected chi connectivity index (χ0v) is 17.6. The summed E-state index contributed by atoms with van der Waals surface area (Å²) in [5.41, 5.74) is 0.299. The molecular weight excluding hydrogens is 440 g/mol. The summed E-state index contributed by atoms with van der Waals surface area (Å²) in [5, 5.41) is 7.86. The summed E-state index contributed by atoms with van der Waals surface area (Å²) < 4.78 is 55.7. The highest BCUT2D eigenvalue weighted by molar-refractivity contribution is 7.92. The maximum atomic E-state index is 15.1. The molecular formula is C21H17F2N5O3S. The molecule has 0 saturated heterocycles. The van der Waals surface area contributed by atoms with E-state index in [1.54, 1.807) is 25.3 Å². The molecule has 4 rings (SSSR count). The normalized spacial score (nSPS) is 11.6. The molecule has 0 amide bonds. The lowest BCUT2D eigenvalue weighted by molar-refractivity contribution is 0.103. The van der Waals surface area contributed by atoms with E-state index in [9.17, 15) is 17.6 Å². The van der Waals surface area contributed by atoms with Gasteiger partial charge in [0.15, 0.2) is 5.82 Å². The first-order valence-electron chi connectivity index (χ1n) is 9.58. The van der Waals surface area contributed by atoms with Crippen LogP contribution in [0.15, 0.2) is 49.1 Å². The van der Waals surface area contributed by atoms with E-state index in [1.165, 1.54) is 18.6 Å². The van der Waals surface area contributed by atoms with Crippen LogP contribution in [0.4, 0.5) is 14.5 Å². The summed E-state index contributed by atoms with van der Waals surface area (Å²) in [6.45, 7) is 1.65. The Labute approximate surface area is 181 Å². The molecule has 164 valence electrons. The molecule has 0 fully saturated rings. The zero-order valence-electron chi connectivity index (χ0n) is 16.8. The second-order valence-electron chi connectivity index (χ2n) is 6.99. The number of anilines is 1. The van der Waals surface area contributed by atoms with Gasteiger partial charge in [0, 0.05) is 34.5 Å². The van der Waals surface area contributed by atoms with Gasteiger partial charge in [0.2, 0.25) is 15.8 Å². The molecule has 3 aromatic heterocycles. The van der Waals surface area contributed by atoms with Gasteiger partial charge in [-0.3, -0.25) is 9.52 Å². The van der Waals surface area contributed by atoms with Crippen LogP contribution in [0.3, 0.4) is 0 Å². The van der Waals surface area contributed by atoms with Crippen molar-refractivity contribution >= 4 is 32.5 Å². The molecule has 0 atom stereocenters. The largest absolute Gasteiger partial charge is 0.345 e. The third-order valence-corrected chi connectivity index (χ3v) is 6.23. The number of halogens is 2. The fourth-order valence-corrected chi connectivity index (χ4v) is 4.40. The topological polar surface area (TPSA) is 118 Å². The van der Waals surface area contributed by atoms with Crippen molar-refractivity contribution in [2.24, 2.45) is 0 Å². The molecule has 0 saturated carbocycles. The maximum Gasteiger partial charge on any atom is 0.232 e. The van der Waals surface area contributed by atoms with Gasteiger partial charge in [-0.05, 0) is 30.7 Å². The summed E-state index contributed by atoms with van der Waals surface area (Å²) in [6.07, 6.45) is 6.19. The summed E-state index contributed by atoms with van der Waals surface area (Å²) in [5.74, 6) is -3.59. The number of hydrogen-bond donors (Lipinski definition) is 2. The lowest BCUT2D eigenvalue weighted by atomic mass is 10.0. The number of ketones is 1. The van der Waals surface area contributed by atoms with E-state index in [0.29, 0.717) is 28.6 Å². The second-order valence-corrected chi connectivity index (χ2v) is 8.83. The molecule has 0 aliphatic rings. The quantitative estimate of drug-likeness (QED) is 0.409. The van der Waals surface area contributed by atoms with Crippen molar-refractivity contribution in [1.82, 2.24) is 20.2 Å². The number of fused-ring (bicyclic) bond motifs is 1. The number of rotatable bonds is 7. The predicted molar refractivity (Wildman–Crippen MR) is 115 cm³/mol. The molecule has 0 aliphatic heterocycles. The van der Waals surface area contributed by atoms with Gasteiger partial charge in [0.25, 0.3) is 0 Å². The second kappa shape index (κ2) is 8.42. The molecule has 0 spiro atoms. The van der Waals surface area contributed by atoms with E-state index in [4.69, 9.17) is 0 Å². The molecule has 3 heterocycles. The van der Waals surface area contributed by atoms with Crippen LogP contribution in [0.2, 0.25) is 0 Å². The number of sulfonamides is 1. The summed E-state index contributed by atoms with van der Waals surface area (Å²) >= 11 is 0. The smallest absolute Gasteiger partial charge is 0.232 e. The molecule has 4 aromatic rings. The first kappa shape index (κ1) is 21.5. The van der Waals surface area contributed by atoms with E-state index in [-0.39, 0.29) is 11.3 Å². The number of hydrogen-bond acceptors (Lipinski definition) is 6. The standard InChI is InChI=1S/C21H17F2N5O3S/c1-2-7-32(30,31)28-17-4-3-16(22)18(19(17)23)20(29)15-11-25-21-14(15)8-13(9-24-21)12-5-6-26-27-10-12/h3-6,8-11,28H,2,7H2,1H3,(H,24,25). The van der Waals surface area contributed by atoms with Crippen molar-refractivity contribution in [3.63, 3.8) is 0 Å². The molecule has 1 aromatic carbocycles. The molecule has 8 nitrogen and oxygen atoms in total. The highest BCUT2D eigenvalue weighted by atomic mass is 32.2. The van der Waals surface area contributed by atoms with Gasteiger partial charge in [-0.2, -0.15) is 10.2 Å². The lowest BCUT2D eigenvalue weighted by Gasteiger charge is -2.11. The van der Waals surface area contributed by atoms with Crippen LogP contribution < -0.4 is 4.72 Å². The van der Waals surface area contributed by atoms with Crippen molar-refractivity contribution in [3.8, 4) is 11.1 Å². The van der Waals surface area contributed by atoms with Crippen LogP contribution in [-0.4, -0.2) is 40.1 Å². The van der Waals surface area contributed by atoms with E-state index in [0.717, 1.165) is 12.1 Å². The van der Waals surface area contributed by atoms with Crippen LogP contribution in [0.5, 0.6) is 0 Å². The van der Waals surface area contributed by atoms with E-state index in [1.807, 2.05) is 0 Å². The van der Waals surface area contributed by atoms with Crippen LogP contribution in [0.1, 0.15) is 29.3 Å². The van der Waals surface area contributed by atoms with Crippen LogP contribution in [0.25, 0.3) is 22.2 Å². The fraction of sp³-hybridized carbons (Fsp3) is 0.143. The minimum atomic E-state index is -3.84. The number of carbonyl (C=O) groups is 1. The highest BCUT2D eigenvalue weighted by Crippen LogP contribution is 2.29. The summed E-state index contributed by atoms with van der Waals surface area (Å²) in [4.78, 5) is 20.2. The summed E-state index contributed by atoms with van der Waals surface area (Å²) in [7, 11) is -3.84. The van der Waals surface area contributed by atoms with Gasteiger partial charge in [0.05, 0.1) is 29.4 Å². The third-order valence-electron chi connectivity index (χ3n) is 4.75. The van der Waals surface area contributed by atoms with E-state index >= 15 is 4.39 Å². The number of nitrogens with one attached hydrogen (secondary N) is 2. The molecule has 0 unspecified atom stereocenters. The van der Waals surface area contributed by atoms with Gasteiger partial charge >= 0.3 is 0 Å². The Kier molecular flexibility index (Phi) is 5.66. The summed E-state index contributed by atoms with van der Waals surface area (Å²) in [6, 6.07) is 5.14. The average Bonchev–Trinajstić information content (AvgIpc) is 3.19. The van der Waals surface area contributed by atoms with Gasteiger partial charge in [0.1, 0.15) is 11.5 Å². The molecule has 11 heteroatoms. The molecule has 32 heavy (non-hydrogen) atoms. The van der Waals surface area contributed by atoms with Crippen LogP contribution >= 0.6 is 0 Å². The Morgan fingerprint density at radius 3 is 2.66 bits per heavy atom. The number of aromatic nitrogens is 4. The van der Waals surface area contributed by atoms with Crippen molar-refractivity contribution in [3.05, 3.63) is 71.8 Å².